The number of anilines is 1. The molecule has 0 bridgehead atoms. The van der Waals surface area contributed by atoms with E-state index in [9.17, 15) is 14.3 Å². The van der Waals surface area contributed by atoms with Crippen LogP contribution in [-0.2, 0) is 16.1 Å². The molecule has 2 fully saturated rings. The monoisotopic (exact) mass is 595 g/mol. The number of likely N-dealkylation sites (tertiary alicyclic amines) is 1. The molecule has 3 aromatic rings. The number of morpholine rings is 1. The fraction of sp³-hybridized carbons (Fsp3) is 0.469. The number of hydrogen-bond donors (Lipinski definition) is 4. The number of halogens is 1. The number of thiophene rings is 1. The Morgan fingerprint density at radius 3 is 2.43 bits per heavy atom. The number of carbonyl (C=O) groups excluding carboxylic acids is 1. The third-order valence-electron chi connectivity index (χ3n) is 8.06. The van der Waals surface area contributed by atoms with Gasteiger partial charge in [-0.1, -0.05) is 30.3 Å². The van der Waals surface area contributed by atoms with E-state index in [1.54, 1.807) is 23.5 Å². The molecule has 4 N–H and O–H groups in total. The highest BCUT2D eigenvalue weighted by Crippen LogP contribution is 2.32. The molecule has 10 heteroatoms. The zero-order chi connectivity index (χ0) is 29.2. The summed E-state index contributed by atoms with van der Waals surface area (Å²) >= 11 is 1.80. The lowest BCUT2D eigenvalue weighted by molar-refractivity contribution is -0.127. The third-order valence-corrected chi connectivity index (χ3v) is 9.18. The van der Waals surface area contributed by atoms with Gasteiger partial charge in [0.05, 0.1) is 19.3 Å². The molecule has 1 amide bonds. The number of nitrogens with zero attached hydrogens (tertiary/aromatic N) is 2. The van der Waals surface area contributed by atoms with Gasteiger partial charge in [0.2, 0.25) is 5.91 Å². The van der Waals surface area contributed by atoms with E-state index in [2.05, 4.69) is 62.1 Å². The lowest BCUT2D eigenvalue weighted by atomic mass is 9.85. The highest BCUT2D eigenvalue weighted by molar-refractivity contribution is 7.15. The van der Waals surface area contributed by atoms with Crippen molar-refractivity contribution < 1.29 is 19.0 Å². The predicted molar refractivity (Wildman–Crippen MR) is 166 cm³/mol. The number of ether oxygens (including phenoxy) is 1. The maximum Gasteiger partial charge on any atom is 0.245 e. The van der Waals surface area contributed by atoms with Crippen molar-refractivity contribution in [2.24, 2.45) is 0 Å². The zero-order valence-electron chi connectivity index (χ0n) is 24.1. The zero-order valence-corrected chi connectivity index (χ0v) is 24.9. The van der Waals surface area contributed by atoms with E-state index in [0.29, 0.717) is 25.1 Å². The van der Waals surface area contributed by atoms with Gasteiger partial charge in [-0.15, -0.1) is 11.3 Å². The number of carbonyl (C=O) groups is 1. The number of amides is 1. The Bertz CT molecular complexity index is 1240. The summed E-state index contributed by atoms with van der Waals surface area (Å²) in [6.45, 7) is 7.97. The van der Waals surface area contributed by atoms with Crippen LogP contribution in [0.3, 0.4) is 0 Å². The molecule has 8 nitrogen and oxygen atoms in total. The van der Waals surface area contributed by atoms with Crippen molar-refractivity contribution >= 4 is 22.9 Å². The second kappa shape index (κ2) is 15.0. The molecule has 0 radical (unpaired) electrons. The molecule has 226 valence electrons. The van der Waals surface area contributed by atoms with Gasteiger partial charge in [-0.05, 0) is 54.8 Å². The topological polar surface area (TPSA) is 89.1 Å². The van der Waals surface area contributed by atoms with Crippen molar-refractivity contribution in [3.05, 3.63) is 77.4 Å². The molecule has 1 aromatic heterocycles. The molecule has 42 heavy (non-hydrogen) atoms. The van der Waals surface area contributed by atoms with Crippen LogP contribution >= 0.6 is 11.3 Å². The first-order chi connectivity index (χ1) is 20.5. The number of aliphatic hydroxyl groups is 1. The fourth-order valence-corrected chi connectivity index (χ4v) is 6.59. The van der Waals surface area contributed by atoms with E-state index in [-0.39, 0.29) is 18.3 Å². The van der Waals surface area contributed by atoms with Crippen molar-refractivity contribution in [2.75, 3.05) is 70.9 Å². The van der Waals surface area contributed by atoms with Crippen LogP contribution in [-0.4, -0.2) is 98.0 Å². The second-order valence-electron chi connectivity index (χ2n) is 11.1. The molecular formula is C32H42FN5O3S. The first-order valence-electron chi connectivity index (χ1n) is 14.9. The lowest BCUT2D eigenvalue weighted by Gasteiger charge is -2.41. The van der Waals surface area contributed by atoms with Crippen LogP contribution in [0, 0.1) is 5.82 Å². The number of nitrogens with one attached hydrogen (secondary N) is 3. The minimum atomic E-state index is -0.845. The van der Waals surface area contributed by atoms with Crippen molar-refractivity contribution in [1.82, 2.24) is 20.4 Å². The Morgan fingerprint density at radius 2 is 1.69 bits per heavy atom. The van der Waals surface area contributed by atoms with E-state index >= 15 is 0 Å². The van der Waals surface area contributed by atoms with E-state index in [4.69, 9.17) is 4.74 Å². The Kier molecular flexibility index (Phi) is 11.0. The highest BCUT2D eigenvalue weighted by atomic mass is 32.1. The van der Waals surface area contributed by atoms with Crippen molar-refractivity contribution in [3.8, 4) is 10.4 Å². The first kappa shape index (κ1) is 30.6. The minimum Gasteiger partial charge on any atom is -0.390 e. The van der Waals surface area contributed by atoms with Crippen LogP contribution in [0.4, 0.5) is 10.1 Å². The summed E-state index contributed by atoms with van der Waals surface area (Å²) in [5.74, 6) is -0.453. The number of rotatable bonds is 13. The van der Waals surface area contributed by atoms with Crippen molar-refractivity contribution in [3.63, 3.8) is 0 Å². The van der Waals surface area contributed by atoms with Gasteiger partial charge in [0.1, 0.15) is 11.4 Å². The predicted octanol–water partition coefficient (Wildman–Crippen LogP) is 3.40. The van der Waals surface area contributed by atoms with Gasteiger partial charge in [-0.2, -0.15) is 0 Å². The fourth-order valence-electron chi connectivity index (χ4n) is 5.53. The van der Waals surface area contributed by atoms with E-state index in [1.165, 1.54) is 27.5 Å². The summed E-state index contributed by atoms with van der Waals surface area (Å²) in [6, 6.07) is 20.9. The first-order valence-corrected chi connectivity index (χ1v) is 15.7. The summed E-state index contributed by atoms with van der Waals surface area (Å²) in [5.41, 5.74) is 1.08. The minimum absolute atomic E-state index is 0.138. The molecule has 2 saturated heterocycles. The number of piperidine rings is 1. The average molecular weight is 596 g/mol. The van der Waals surface area contributed by atoms with Gasteiger partial charge >= 0.3 is 0 Å². The molecule has 3 heterocycles. The summed E-state index contributed by atoms with van der Waals surface area (Å²) in [7, 11) is 0. The largest absolute Gasteiger partial charge is 0.390 e. The van der Waals surface area contributed by atoms with Gasteiger partial charge in [-0.3, -0.25) is 14.6 Å². The quantitative estimate of drug-likeness (QED) is 0.225. The molecule has 0 aliphatic carbocycles. The average Bonchev–Trinajstić information content (AvgIpc) is 3.50. The number of hydrogen-bond acceptors (Lipinski definition) is 8. The summed E-state index contributed by atoms with van der Waals surface area (Å²) < 4.78 is 19.0. The van der Waals surface area contributed by atoms with E-state index in [1.807, 2.05) is 6.07 Å². The summed E-state index contributed by atoms with van der Waals surface area (Å²) in [4.78, 5) is 20.9. The van der Waals surface area contributed by atoms with Crippen LogP contribution in [0.5, 0.6) is 0 Å². The van der Waals surface area contributed by atoms with Crippen LogP contribution in [0.25, 0.3) is 10.4 Å². The molecular weight excluding hydrogens is 553 g/mol. The standard InChI is InChI=1S/C32H42FN5O3S/c33-26-6-8-27(9-7-26)36-32(31(40)35-23-28(39)22-34-14-17-37-18-20-41-21-19-37)12-15-38(16-13-32)24-29-10-11-30(42-29)25-4-2-1-3-5-25/h1-11,28,34,36,39H,12-24H2,(H,35,40)/t28-/m0/s1. The van der Waals surface area contributed by atoms with Crippen molar-refractivity contribution in [2.45, 2.75) is 31.0 Å². The van der Waals surface area contributed by atoms with Gasteiger partial charge < -0.3 is 25.8 Å². The third kappa shape index (κ3) is 8.59. The SMILES string of the molecule is O=C(NC[C@@H](O)CNCCN1CCOCC1)C1(Nc2ccc(F)cc2)CCN(Cc2ccc(-c3ccccc3)s2)CC1. The Labute approximate surface area is 251 Å². The lowest BCUT2D eigenvalue weighted by Crippen LogP contribution is -2.59. The highest BCUT2D eigenvalue weighted by Gasteiger charge is 2.41. The summed E-state index contributed by atoms with van der Waals surface area (Å²) in [5, 5.41) is 20.3. The smallest absolute Gasteiger partial charge is 0.245 e. The molecule has 2 aliphatic rings. The van der Waals surface area contributed by atoms with Crippen LogP contribution in [0.2, 0.25) is 0 Å². The maximum atomic E-state index is 13.6. The molecule has 5 rings (SSSR count). The normalized spacial score (nSPS) is 18.4. The van der Waals surface area contributed by atoms with Gasteiger partial charge in [0.25, 0.3) is 0 Å². The Morgan fingerprint density at radius 1 is 0.952 bits per heavy atom. The van der Waals surface area contributed by atoms with Crippen LogP contribution < -0.4 is 16.0 Å². The molecule has 0 saturated carbocycles. The van der Waals surface area contributed by atoms with Crippen LogP contribution in [0.1, 0.15) is 17.7 Å². The molecule has 2 aliphatic heterocycles. The number of aliphatic hydroxyl groups excluding tert-OH is 1. The van der Waals surface area contributed by atoms with Gasteiger partial charge in [-0.25, -0.2) is 4.39 Å². The van der Waals surface area contributed by atoms with E-state index < -0.39 is 11.6 Å². The van der Waals surface area contributed by atoms with Gasteiger partial charge in [0.15, 0.2) is 0 Å². The molecule has 0 spiro atoms. The Balaban J connectivity index is 1.14. The van der Waals surface area contributed by atoms with E-state index in [0.717, 1.165) is 59.0 Å². The molecule has 2 aromatic carbocycles. The summed E-state index contributed by atoms with van der Waals surface area (Å²) in [6.07, 6.45) is 0.501. The second-order valence-corrected chi connectivity index (χ2v) is 12.3. The Hall–Kier alpha value is -2.86. The van der Waals surface area contributed by atoms with Gasteiger partial charge in [0, 0.05) is 74.3 Å². The van der Waals surface area contributed by atoms with Crippen molar-refractivity contribution in [1.29, 1.82) is 0 Å². The number of benzene rings is 2. The molecule has 1 atom stereocenters. The maximum absolute atomic E-state index is 13.6. The van der Waals surface area contributed by atoms with Crippen LogP contribution in [0.15, 0.2) is 66.7 Å². The molecule has 0 unspecified atom stereocenters.